The summed E-state index contributed by atoms with van der Waals surface area (Å²) < 4.78 is 6.86. The number of hydrogen-bond acceptors (Lipinski definition) is 5. The minimum atomic E-state index is -0.232. The van der Waals surface area contributed by atoms with E-state index in [4.69, 9.17) is 4.52 Å². The Morgan fingerprint density at radius 2 is 2.04 bits per heavy atom. The molecule has 3 heterocycles. The first-order valence-electron chi connectivity index (χ1n) is 7.79. The number of carbonyl (C=O) groups is 1. The topological polar surface area (TPSA) is 85.8 Å². The number of nitrogens with one attached hydrogen (secondary N) is 1. The van der Waals surface area contributed by atoms with E-state index in [0.29, 0.717) is 34.7 Å². The van der Waals surface area contributed by atoms with Crippen LogP contribution in [0.2, 0.25) is 0 Å². The van der Waals surface area contributed by atoms with Crippen LogP contribution in [0, 0.1) is 6.92 Å². The molecule has 0 unspecified atom stereocenters. The molecule has 0 aliphatic rings. The van der Waals surface area contributed by atoms with Crippen LogP contribution in [0.15, 0.2) is 59.5 Å². The van der Waals surface area contributed by atoms with Crippen molar-refractivity contribution in [2.45, 2.75) is 13.5 Å². The van der Waals surface area contributed by atoms with E-state index in [9.17, 15) is 4.79 Å². The normalized spacial score (nSPS) is 10.9. The van der Waals surface area contributed by atoms with Gasteiger partial charge in [-0.1, -0.05) is 23.4 Å². The third kappa shape index (κ3) is 2.99. The number of benzene rings is 1. The third-order valence-corrected chi connectivity index (χ3v) is 3.79. The van der Waals surface area contributed by atoms with Gasteiger partial charge in [-0.15, -0.1) is 0 Å². The van der Waals surface area contributed by atoms with Gasteiger partial charge < -0.3 is 9.84 Å². The second kappa shape index (κ2) is 6.20. The Labute approximate surface area is 143 Å². The number of hydrogen-bond donors (Lipinski definition) is 1. The Balaban J connectivity index is 1.56. The van der Waals surface area contributed by atoms with Crippen LogP contribution in [-0.2, 0) is 6.54 Å². The van der Waals surface area contributed by atoms with Crippen LogP contribution in [0.5, 0.6) is 0 Å². The molecule has 4 rings (SSSR count). The second-order valence-electron chi connectivity index (χ2n) is 5.63. The zero-order valence-corrected chi connectivity index (χ0v) is 13.5. The SMILES string of the molecule is Cc1cc(CNC(=O)c2cnc3c(c2)ncn3-c2ccccc2)no1. The summed E-state index contributed by atoms with van der Waals surface area (Å²) >= 11 is 0. The molecule has 0 aliphatic carbocycles. The van der Waals surface area contributed by atoms with Gasteiger partial charge in [0.1, 0.15) is 23.3 Å². The minimum absolute atomic E-state index is 0.232. The van der Waals surface area contributed by atoms with Crippen molar-refractivity contribution in [1.82, 2.24) is 25.0 Å². The number of aryl methyl sites for hydroxylation is 1. The Bertz CT molecular complexity index is 1040. The zero-order valence-electron chi connectivity index (χ0n) is 13.5. The van der Waals surface area contributed by atoms with E-state index < -0.39 is 0 Å². The van der Waals surface area contributed by atoms with Gasteiger partial charge in [0.25, 0.3) is 5.91 Å². The summed E-state index contributed by atoms with van der Waals surface area (Å²) in [6.07, 6.45) is 3.25. The lowest BCUT2D eigenvalue weighted by atomic mass is 10.2. The summed E-state index contributed by atoms with van der Waals surface area (Å²) in [7, 11) is 0. The van der Waals surface area contributed by atoms with Crippen LogP contribution in [-0.4, -0.2) is 25.6 Å². The number of rotatable bonds is 4. The van der Waals surface area contributed by atoms with E-state index >= 15 is 0 Å². The molecule has 3 aromatic heterocycles. The number of pyridine rings is 1. The quantitative estimate of drug-likeness (QED) is 0.620. The van der Waals surface area contributed by atoms with E-state index in [1.165, 1.54) is 0 Å². The monoisotopic (exact) mass is 333 g/mol. The first-order valence-corrected chi connectivity index (χ1v) is 7.79. The number of aromatic nitrogens is 4. The molecule has 1 aromatic carbocycles. The van der Waals surface area contributed by atoms with Crippen LogP contribution in [0.25, 0.3) is 16.9 Å². The molecule has 0 saturated carbocycles. The van der Waals surface area contributed by atoms with Crippen molar-refractivity contribution in [3.05, 3.63) is 72.0 Å². The van der Waals surface area contributed by atoms with Crippen LogP contribution >= 0.6 is 0 Å². The van der Waals surface area contributed by atoms with Gasteiger partial charge >= 0.3 is 0 Å². The number of nitrogens with zero attached hydrogens (tertiary/aromatic N) is 4. The van der Waals surface area contributed by atoms with Crippen molar-refractivity contribution in [2.75, 3.05) is 0 Å². The van der Waals surface area contributed by atoms with Gasteiger partial charge in [0.05, 0.1) is 12.1 Å². The number of para-hydroxylation sites is 1. The first-order chi connectivity index (χ1) is 12.2. The molecule has 4 aromatic rings. The predicted octanol–water partition coefficient (Wildman–Crippen LogP) is 2.65. The Morgan fingerprint density at radius 3 is 2.80 bits per heavy atom. The van der Waals surface area contributed by atoms with Gasteiger partial charge in [0.15, 0.2) is 5.65 Å². The second-order valence-corrected chi connectivity index (χ2v) is 5.63. The van der Waals surface area contributed by atoms with Gasteiger partial charge in [-0.05, 0) is 25.1 Å². The van der Waals surface area contributed by atoms with Gasteiger partial charge in [-0.25, -0.2) is 9.97 Å². The van der Waals surface area contributed by atoms with Crippen molar-refractivity contribution >= 4 is 17.1 Å². The van der Waals surface area contributed by atoms with Crippen LogP contribution < -0.4 is 5.32 Å². The fourth-order valence-corrected chi connectivity index (χ4v) is 2.58. The molecule has 0 saturated heterocycles. The fraction of sp³-hybridized carbons (Fsp3) is 0.111. The summed E-state index contributed by atoms with van der Waals surface area (Å²) in [6.45, 7) is 2.10. The van der Waals surface area contributed by atoms with E-state index in [0.717, 1.165) is 5.69 Å². The van der Waals surface area contributed by atoms with Crippen LogP contribution in [0.4, 0.5) is 0 Å². The standard InChI is InChI=1S/C18H15N5O2/c1-12-7-14(22-25-12)10-20-18(24)13-8-16-17(19-9-13)23(11-21-16)15-5-3-2-4-6-15/h2-9,11H,10H2,1H3,(H,20,24). The third-order valence-electron chi connectivity index (χ3n) is 3.79. The number of fused-ring (bicyclic) bond motifs is 1. The molecule has 7 nitrogen and oxygen atoms in total. The highest BCUT2D eigenvalue weighted by Gasteiger charge is 2.12. The molecular weight excluding hydrogens is 318 g/mol. The summed E-state index contributed by atoms with van der Waals surface area (Å²) in [6, 6.07) is 13.3. The summed E-state index contributed by atoms with van der Waals surface area (Å²) in [5, 5.41) is 6.64. The Morgan fingerprint density at radius 1 is 1.20 bits per heavy atom. The van der Waals surface area contributed by atoms with Crippen molar-refractivity contribution in [2.24, 2.45) is 0 Å². The van der Waals surface area contributed by atoms with Crippen molar-refractivity contribution in [3.63, 3.8) is 0 Å². The highest BCUT2D eigenvalue weighted by atomic mass is 16.5. The summed E-state index contributed by atoms with van der Waals surface area (Å²) in [5.74, 6) is 0.475. The highest BCUT2D eigenvalue weighted by molar-refractivity contribution is 5.96. The van der Waals surface area contributed by atoms with Gasteiger partial charge in [0.2, 0.25) is 0 Å². The first kappa shape index (κ1) is 15.1. The number of amides is 1. The molecule has 25 heavy (non-hydrogen) atoms. The van der Waals surface area contributed by atoms with E-state index in [1.54, 1.807) is 31.6 Å². The Kier molecular flexibility index (Phi) is 3.74. The van der Waals surface area contributed by atoms with E-state index in [-0.39, 0.29) is 5.91 Å². The lowest BCUT2D eigenvalue weighted by Gasteiger charge is -2.04. The molecule has 0 atom stereocenters. The zero-order chi connectivity index (χ0) is 17.2. The van der Waals surface area contributed by atoms with Gasteiger partial charge in [-0.3, -0.25) is 9.36 Å². The summed E-state index contributed by atoms with van der Waals surface area (Å²) in [4.78, 5) is 21.1. The summed E-state index contributed by atoms with van der Waals surface area (Å²) in [5.41, 5.74) is 3.46. The van der Waals surface area contributed by atoms with Gasteiger partial charge in [0, 0.05) is 18.0 Å². The lowest BCUT2D eigenvalue weighted by molar-refractivity contribution is 0.0950. The minimum Gasteiger partial charge on any atom is -0.361 e. The molecule has 1 amide bonds. The average Bonchev–Trinajstić information content (AvgIpc) is 3.26. The maximum absolute atomic E-state index is 12.3. The Hall–Kier alpha value is -3.48. The van der Waals surface area contributed by atoms with Gasteiger partial charge in [-0.2, -0.15) is 0 Å². The number of imidazole rings is 1. The molecule has 0 fully saturated rings. The molecular formula is C18H15N5O2. The molecule has 0 bridgehead atoms. The molecule has 0 aliphatic heterocycles. The molecule has 1 N–H and O–H groups in total. The maximum atomic E-state index is 12.3. The smallest absolute Gasteiger partial charge is 0.253 e. The van der Waals surface area contributed by atoms with E-state index in [2.05, 4.69) is 20.4 Å². The highest BCUT2D eigenvalue weighted by Crippen LogP contribution is 2.17. The molecule has 124 valence electrons. The predicted molar refractivity (Wildman–Crippen MR) is 91.3 cm³/mol. The van der Waals surface area contributed by atoms with Crippen molar-refractivity contribution < 1.29 is 9.32 Å². The fourth-order valence-electron chi connectivity index (χ4n) is 2.58. The van der Waals surface area contributed by atoms with E-state index in [1.807, 2.05) is 34.9 Å². The average molecular weight is 333 g/mol. The molecule has 7 heteroatoms. The van der Waals surface area contributed by atoms with Crippen LogP contribution in [0.3, 0.4) is 0 Å². The van der Waals surface area contributed by atoms with Crippen molar-refractivity contribution in [3.8, 4) is 5.69 Å². The number of carbonyl (C=O) groups excluding carboxylic acids is 1. The van der Waals surface area contributed by atoms with Crippen molar-refractivity contribution in [1.29, 1.82) is 0 Å². The molecule has 0 spiro atoms. The molecule has 0 radical (unpaired) electrons. The largest absolute Gasteiger partial charge is 0.361 e. The maximum Gasteiger partial charge on any atom is 0.253 e. The van der Waals surface area contributed by atoms with Crippen LogP contribution in [0.1, 0.15) is 21.8 Å². The lowest BCUT2D eigenvalue weighted by Crippen LogP contribution is -2.23.